The maximum Gasteiger partial charge on any atom is 0.240 e. The molecule has 33 heavy (non-hydrogen) atoms. The minimum atomic E-state index is -0.740. The molecule has 172 valence electrons. The van der Waals surface area contributed by atoms with E-state index in [1.807, 2.05) is 6.92 Å². The molecule has 3 rings (SSSR count). The molecular weight excluding hydrogens is 423 g/mol. The molecule has 7 heteroatoms. The number of hydrogen-bond donors (Lipinski definition) is 2. The summed E-state index contributed by atoms with van der Waals surface area (Å²) in [5, 5.41) is 14.2. The van der Waals surface area contributed by atoms with E-state index >= 15 is 0 Å². The second-order valence-corrected chi connectivity index (χ2v) is 7.34. The number of carbonyl (C=O) groups is 1. The van der Waals surface area contributed by atoms with E-state index in [4.69, 9.17) is 9.47 Å². The number of carbonyl (C=O) groups excluding carboxylic acids is 1. The molecule has 3 aromatic rings. The van der Waals surface area contributed by atoms with Crippen LogP contribution in [-0.4, -0.2) is 23.8 Å². The molecule has 0 aromatic heterocycles. The summed E-state index contributed by atoms with van der Waals surface area (Å²) in [7, 11) is 0. The quantitative estimate of drug-likeness (QED) is 0.326. The van der Waals surface area contributed by atoms with E-state index in [-0.39, 0.29) is 31.2 Å². The predicted octanol–water partition coefficient (Wildman–Crippen LogP) is 4.77. The van der Waals surface area contributed by atoms with Gasteiger partial charge < -0.3 is 14.6 Å². The minimum Gasteiger partial charge on any atom is -0.494 e. The van der Waals surface area contributed by atoms with Gasteiger partial charge in [-0.3, -0.25) is 4.79 Å². The van der Waals surface area contributed by atoms with Crippen LogP contribution in [0, 0.1) is 5.82 Å². The van der Waals surface area contributed by atoms with E-state index in [0.717, 1.165) is 22.4 Å². The Morgan fingerprint density at radius 1 is 1.06 bits per heavy atom. The number of hydrazone groups is 1. The summed E-state index contributed by atoms with van der Waals surface area (Å²) in [4.78, 5) is 12.0. The fourth-order valence-corrected chi connectivity index (χ4v) is 3.07. The third kappa shape index (κ3) is 8.05. The second-order valence-electron chi connectivity index (χ2n) is 7.34. The van der Waals surface area contributed by atoms with Crippen LogP contribution in [0.1, 0.15) is 42.6 Å². The molecule has 0 saturated carbocycles. The van der Waals surface area contributed by atoms with Gasteiger partial charge in [-0.05, 0) is 78.6 Å². The fraction of sp³-hybridized carbons (Fsp3) is 0.231. The number of ether oxygens (including phenoxy) is 2. The summed E-state index contributed by atoms with van der Waals surface area (Å²) >= 11 is 0. The molecule has 1 atom stereocenters. The first-order chi connectivity index (χ1) is 16.0. The van der Waals surface area contributed by atoms with Crippen molar-refractivity contribution in [1.29, 1.82) is 0 Å². The average molecular weight is 451 g/mol. The van der Waals surface area contributed by atoms with Crippen LogP contribution in [0.5, 0.6) is 11.5 Å². The molecule has 3 aromatic carbocycles. The molecule has 0 aliphatic rings. The number of aliphatic hydroxyl groups is 1. The smallest absolute Gasteiger partial charge is 0.240 e. The first-order valence-corrected chi connectivity index (χ1v) is 10.7. The molecule has 0 radical (unpaired) electrons. The fourth-order valence-electron chi connectivity index (χ4n) is 3.07. The largest absolute Gasteiger partial charge is 0.494 e. The zero-order valence-electron chi connectivity index (χ0n) is 18.4. The molecular formula is C26H27FN2O4. The summed E-state index contributed by atoms with van der Waals surface area (Å²) in [6.07, 6.45) is 1.21. The van der Waals surface area contributed by atoms with Crippen LogP contribution in [-0.2, 0) is 11.4 Å². The van der Waals surface area contributed by atoms with E-state index < -0.39 is 6.10 Å². The third-order valence-electron chi connectivity index (χ3n) is 4.80. The van der Waals surface area contributed by atoms with Gasteiger partial charge in [-0.1, -0.05) is 24.3 Å². The van der Waals surface area contributed by atoms with Gasteiger partial charge in [0, 0.05) is 6.42 Å². The Balaban J connectivity index is 1.39. The highest BCUT2D eigenvalue weighted by Crippen LogP contribution is 2.21. The van der Waals surface area contributed by atoms with E-state index in [0.29, 0.717) is 12.4 Å². The number of amides is 1. The van der Waals surface area contributed by atoms with E-state index in [9.17, 15) is 14.3 Å². The number of rotatable bonds is 11. The van der Waals surface area contributed by atoms with Gasteiger partial charge in [-0.25, -0.2) is 9.82 Å². The highest BCUT2D eigenvalue weighted by molar-refractivity contribution is 5.82. The second kappa shape index (κ2) is 12.4. The molecule has 0 fully saturated rings. The number of hydrogen-bond acceptors (Lipinski definition) is 5. The molecule has 0 heterocycles. The predicted molar refractivity (Wildman–Crippen MR) is 125 cm³/mol. The van der Waals surface area contributed by atoms with Crippen LogP contribution in [0.2, 0.25) is 0 Å². The standard InChI is InChI=1S/C26H27FN2O4/c1-2-32-23-12-8-21(9-13-23)25(30)14-15-26(31)29-28-17-19-6-10-24(11-7-19)33-18-20-4-3-5-22(27)16-20/h3-13,16-17,25,30H,2,14-15,18H2,1H3,(H,29,31)/b28-17-/t25-/m0/s1. The Bertz CT molecular complexity index is 1050. The van der Waals surface area contributed by atoms with Crippen LogP contribution in [0.15, 0.2) is 77.9 Å². The Hall–Kier alpha value is -3.71. The van der Waals surface area contributed by atoms with Crippen LogP contribution < -0.4 is 14.9 Å². The van der Waals surface area contributed by atoms with Crippen molar-refractivity contribution in [2.45, 2.75) is 32.5 Å². The summed E-state index contributed by atoms with van der Waals surface area (Å²) < 4.78 is 24.2. The van der Waals surface area contributed by atoms with Crippen molar-refractivity contribution in [1.82, 2.24) is 5.43 Å². The number of benzene rings is 3. The first-order valence-electron chi connectivity index (χ1n) is 10.7. The van der Waals surface area contributed by atoms with E-state index in [1.165, 1.54) is 18.3 Å². The molecule has 1 amide bonds. The SMILES string of the molecule is CCOc1ccc([C@@H](O)CCC(=O)N/N=C\c2ccc(OCc3cccc(F)c3)cc2)cc1. The number of halogens is 1. The van der Waals surface area contributed by atoms with Crippen molar-refractivity contribution in [3.63, 3.8) is 0 Å². The van der Waals surface area contributed by atoms with Crippen molar-refractivity contribution >= 4 is 12.1 Å². The molecule has 0 spiro atoms. The van der Waals surface area contributed by atoms with Gasteiger partial charge in [-0.15, -0.1) is 0 Å². The van der Waals surface area contributed by atoms with Gasteiger partial charge in [0.05, 0.1) is 18.9 Å². The molecule has 6 nitrogen and oxygen atoms in total. The maximum absolute atomic E-state index is 13.2. The van der Waals surface area contributed by atoms with Crippen molar-refractivity contribution in [2.24, 2.45) is 5.10 Å². The van der Waals surface area contributed by atoms with Crippen LogP contribution >= 0.6 is 0 Å². The molecule has 0 aliphatic carbocycles. The minimum absolute atomic E-state index is 0.137. The third-order valence-corrected chi connectivity index (χ3v) is 4.80. The Morgan fingerprint density at radius 2 is 1.76 bits per heavy atom. The van der Waals surface area contributed by atoms with Gasteiger partial charge >= 0.3 is 0 Å². The van der Waals surface area contributed by atoms with Crippen molar-refractivity contribution in [2.75, 3.05) is 6.61 Å². The molecule has 0 bridgehead atoms. The van der Waals surface area contributed by atoms with Gasteiger partial charge in [0.25, 0.3) is 0 Å². The lowest BCUT2D eigenvalue weighted by Gasteiger charge is -2.11. The normalized spacial score (nSPS) is 11.8. The van der Waals surface area contributed by atoms with Gasteiger partial charge in [0.1, 0.15) is 23.9 Å². The number of nitrogens with zero attached hydrogens (tertiary/aromatic N) is 1. The van der Waals surface area contributed by atoms with E-state index in [1.54, 1.807) is 60.7 Å². The zero-order chi connectivity index (χ0) is 23.5. The van der Waals surface area contributed by atoms with Gasteiger partial charge in [0.2, 0.25) is 5.91 Å². The average Bonchev–Trinajstić information content (AvgIpc) is 2.83. The molecule has 0 aliphatic heterocycles. The Morgan fingerprint density at radius 3 is 2.45 bits per heavy atom. The highest BCUT2D eigenvalue weighted by Gasteiger charge is 2.10. The van der Waals surface area contributed by atoms with Crippen LogP contribution in [0.4, 0.5) is 4.39 Å². The zero-order valence-corrected chi connectivity index (χ0v) is 18.4. The number of aliphatic hydroxyl groups excluding tert-OH is 1. The lowest BCUT2D eigenvalue weighted by atomic mass is 10.0. The lowest BCUT2D eigenvalue weighted by Crippen LogP contribution is -2.18. The summed E-state index contributed by atoms with van der Waals surface area (Å²) in [5.41, 5.74) is 4.72. The molecule has 0 unspecified atom stereocenters. The van der Waals surface area contributed by atoms with Gasteiger partial charge in [-0.2, -0.15) is 5.10 Å². The molecule has 0 saturated heterocycles. The monoisotopic (exact) mass is 450 g/mol. The molecule has 2 N–H and O–H groups in total. The summed E-state index contributed by atoms with van der Waals surface area (Å²) in [6, 6.07) is 20.6. The Labute approximate surface area is 192 Å². The van der Waals surface area contributed by atoms with Crippen LogP contribution in [0.25, 0.3) is 0 Å². The van der Waals surface area contributed by atoms with Crippen molar-refractivity contribution in [3.05, 3.63) is 95.3 Å². The van der Waals surface area contributed by atoms with Crippen molar-refractivity contribution in [3.8, 4) is 11.5 Å². The first kappa shape index (κ1) is 23.9. The van der Waals surface area contributed by atoms with Gasteiger partial charge in [0.15, 0.2) is 0 Å². The van der Waals surface area contributed by atoms with Crippen LogP contribution in [0.3, 0.4) is 0 Å². The lowest BCUT2D eigenvalue weighted by molar-refractivity contribution is -0.121. The maximum atomic E-state index is 13.2. The highest BCUT2D eigenvalue weighted by atomic mass is 19.1. The summed E-state index contributed by atoms with van der Waals surface area (Å²) in [5.74, 6) is 0.803. The van der Waals surface area contributed by atoms with E-state index in [2.05, 4.69) is 10.5 Å². The topological polar surface area (TPSA) is 80.2 Å². The van der Waals surface area contributed by atoms with Crippen molar-refractivity contribution < 1.29 is 23.8 Å². The summed E-state index contributed by atoms with van der Waals surface area (Å²) in [6.45, 7) is 2.76. The number of nitrogens with one attached hydrogen (secondary N) is 1. The Kier molecular flexibility index (Phi) is 8.97.